The summed E-state index contributed by atoms with van der Waals surface area (Å²) < 4.78 is 123. The lowest BCUT2D eigenvalue weighted by Gasteiger charge is -2.15. The first-order chi connectivity index (χ1) is 59.1. The van der Waals surface area contributed by atoms with Crippen LogP contribution in [-0.4, -0.2) is 132 Å². The fourth-order valence-electron chi connectivity index (χ4n) is 10.8. The lowest BCUT2D eigenvalue weighted by molar-refractivity contribution is -0.142. The van der Waals surface area contributed by atoms with Crippen molar-refractivity contribution in [3.8, 4) is 29.3 Å². The van der Waals surface area contributed by atoms with Gasteiger partial charge < -0.3 is 42.5 Å². The van der Waals surface area contributed by atoms with Crippen LogP contribution in [-0.2, 0) is 18.5 Å². The minimum absolute atomic E-state index is 0.0287. The standard InChI is InChI=1S/C20H15Cl3F3N5O2.C20H14ClF3N6O2.C19H15BrCl3N5O2.C18H11Cl3F3N5O2/c1-9(2)28-18(32)11-6-10(21)7-13(23)16(11)29-19(33)14-8-15(20(24,25)26)30-31(14)17-12(22)4-3-5-27-17;1-10-6-11(9-25)7-12(18(31)26-2)16(10)28-19(32)14-8-15(20(22,23)24)29-30(14)17-13(21)4-3-5-27-17;1-9(2)25-18(29)11-6-10(21)7-13(23)16(11)26-19(30)14-8-15(20)27-28(14)17-12(22)4-3-5-24-17;1-25-16(30)9-5-8(19)6-11(21)14(9)27-17(31)12-7-13(18(22,23)24)28-29(12)15-10(20)3-2-4-26-15/h3-9H,1-2H3,(H,28,32)(H,29,33);3-8H,1-2H3,(H,26,31)(H,28,32);3-9H,1-2H3,(H,25,29)(H,26,30);2-7H,1H3,(H,25,30)(H,27,31). The van der Waals surface area contributed by atoms with Gasteiger partial charge in [-0.2, -0.15) is 65.2 Å². The predicted molar refractivity (Wildman–Crippen MR) is 457 cm³/mol. The van der Waals surface area contributed by atoms with Gasteiger partial charge in [-0.05, 0) is 153 Å². The molecule has 0 atom stereocenters. The summed E-state index contributed by atoms with van der Waals surface area (Å²) in [6, 6.07) is 27.1. The van der Waals surface area contributed by atoms with Crippen molar-refractivity contribution in [1.29, 1.82) is 5.26 Å². The maximum atomic E-state index is 13.3. The highest BCUT2D eigenvalue weighted by molar-refractivity contribution is 9.10. The number of halogens is 20. The third-order valence-corrected chi connectivity index (χ3v) is 19.3. The average molecular weight is 2010 g/mol. The zero-order valence-corrected chi connectivity index (χ0v) is 73.8. The van der Waals surface area contributed by atoms with Gasteiger partial charge in [-0.25, -0.2) is 38.7 Å². The number of hydrogen-bond acceptors (Lipinski definition) is 17. The van der Waals surface area contributed by atoms with E-state index in [2.05, 4.69) is 98.8 Å². The van der Waals surface area contributed by atoms with Crippen molar-refractivity contribution in [2.75, 3.05) is 35.4 Å². The molecular weight excluding hydrogens is 1950 g/mol. The number of aryl methyl sites for hydroxylation is 1. The normalized spacial score (nSPS) is 11.2. The van der Waals surface area contributed by atoms with E-state index in [1.807, 2.05) is 19.9 Å². The number of pyridine rings is 4. The topological polar surface area (TPSA) is 379 Å². The summed E-state index contributed by atoms with van der Waals surface area (Å²) in [6.45, 7) is 8.60. The van der Waals surface area contributed by atoms with Gasteiger partial charge in [0, 0.05) is 90.3 Å². The number of carbonyl (C=O) groups is 8. The van der Waals surface area contributed by atoms with Crippen LogP contribution >= 0.6 is 132 Å². The number of rotatable bonds is 18. The van der Waals surface area contributed by atoms with Gasteiger partial charge in [0.1, 0.15) is 27.4 Å². The molecule has 0 spiro atoms. The molecule has 0 saturated heterocycles. The molecule has 8 heterocycles. The van der Waals surface area contributed by atoms with Crippen molar-refractivity contribution < 1.29 is 77.9 Å². The molecule has 0 aliphatic carbocycles. The molecule has 12 rings (SSSR count). The van der Waals surface area contributed by atoms with Crippen LogP contribution in [0.1, 0.15) is 139 Å². The Labute approximate surface area is 764 Å². The van der Waals surface area contributed by atoms with Gasteiger partial charge in [-0.3, -0.25) is 38.4 Å². The second kappa shape index (κ2) is 41.6. The van der Waals surface area contributed by atoms with Crippen molar-refractivity contribution in [3.63, 3.8) is 0 Å². The maximum absolute atomic E-state index is 13.3. The number of nitrogens with zero attached hydrogens (tertiary/aromatic N) is 13. The Morgan fingerprint density at radius 2 is 0.643 bits per heavy atom. The largest absolute Gasteiger partial charge is 0.435 e. The van der Waals surface area contributed by atoms with Crippen LogP contribution < -0.4 is 42.5 Å². The molecule has 0 saturated carbocycles. The van der Waals surface area contributed by atoms with E-state index in [9.17, 15) is 77.9 Å². The molecule has 8 N–H and O–H groups in total. The summed E-state index contributed by atoms with van der Waals surface area (Å²) in [5.74, 6) is -6.19. The minimum Gasteiger partial charge on any atom is -0.355 e. The first-order valence-electron chi connectivity index (χ1n) is 35.2. The molecule has 0 aliphatic heterocycles. The molecule has 29 nitrogen and oxygen atoms in total. The number of hydrogen-bond donors (Lipinski definition) is 8. The Kier molecular flexibility index (Phi) is 32.4. The number of carbonyl (C=O) groups excluding carboxylic acids is 8. The molecule has 8 amide bonds. The third kappa shape index (κ3) is 24.1. The smallest absolute Gasteiger partial charge is 0.355 e. The van der Waals surface area contributed by atoms with Gasteiger partial charge >= 0.3 is 18.5 Å². The third-order valence-electron chi connectivity index (χ3n) is 16.2. The summed E-state index contributed by atoms with van der Waals surface area (Å²) >= 11 is 64.1. The number of benzene rings is 4. The first-order valence-corrected chi connectivity index (χ1v) is 39.8. The Morgan fingerprint density at radius 3 is 0.913 bits per heavy atom. The molecule has 0 aliphatic rings. The molecular formula is C77H55BrCl10F9N21O8. The monoisotopic (exact) mass is 2000 g/mol. The lowest BCUT2D eigenvalue weighted by atomic mass is 10.0. The van der Waals surface area contributed by atoms with Crippen molar-refractivity contribution >= 4 is 202 Å². The Bertz CT molecular complexity index is 6300. The van der Waals surface area contributed by atoms with Crippen molar-refractivity contribution in [2.24, 2.45) is 0 Å². The van der Waals surface area contributed by atoms with E-state index < -0.39 is 99.9 Å². The summed E-state index contributed by atoms with van der Waals surface area (Å²) in [5, 5.41) is 44.4. The van der Waals surface area contributed by atoms with Gasteiger partial charge in [-0.15, -0.1) is 0 Å². The van der Waals surface area contributed by atoms with Crippen LogP contribution in [0, 0.1) is 18.3 Å². The molecule has 126 heavy (non-hydrogen) atoms. The molecule has 0 fully saturated rings. The summed E-state index contributed by atoms with van der Waals surface area (Å²) in [6.07, 6.45) is -9.15. The maximum Gasteiger partial charge on any atom is 0.435 e. The first kappa shape index (κ1) is 98.1. The Balaban J connectivity index is 0.000000190. The van der Waals surface area contributed by atoms with Crippen molar-refractivity contribution in [2.45, 2.75) is 65.2 Å². The highest BCUT2D eigenvalue weighted by Crippen LogP contribution is 2.39. The van der Waals surface area contributed by atoms with Crippen LogP contribution in [0.5, 0.6) is 0 Å². The van der Waals surface area contributed by atoms with Crippen LogP contribution in [0.3, 0.4) is 0 Å². The highest BCUT2D eigenvalue weighted by atomic mass is 79.9. The summed E-state index contributed by atoms with van der Waals surface area (Å²) in [4.78, 5) is 118. The van der Waals surface area contributed by atoms with Gasteiger partial charge in [0.05, 0.1) is 91.8 Å². The van der Waals surface area contributed by atoms with Crippen LogP contribution in [0.25, 0.3) is 23.3 Å². The quantitative estimate of drug-likeness (QED) is 0.0370. The molecule has 12 aromatic rings. The number of anilines is 4. The van der Waals surface area contributed by atoms with E-state index in [0.717, 1.165) is 0 Å². The Morgan fingerprint density at radius 1 is 0.373 bits per heavy atom. The fourth-order valence-corrected chi connectivity index (χ4v) is 13.6. The van der Waals surface area contributed by atoms with E-state index in [-0.39, 0.29) is 137 Å². The summed E-state index contributed by atoms with van der Waals surface area (Å²) in [5.41, 5.74) is -5.14. The average Bonchev–Trinajstić information content (AvgIpc) is 1.62. The van der Waals surface area contributed by atoms with Crippen molar-refractivity contribution in [3.05, 3.63) is 274 Å². The lowest BCUT2D eigenvalue weighted by Crippen LogP contribution is -2.31. The van der Waals surface area contributed by atoms with Crippen molar-refractivity contribution in [1.82, 2.24) is 80.3 Å². The zero-order valence-electron chi connectivity index (χ0n) is 64.7. The number of nitrogens with one attached hydrogen (secondary N) is 8. The van der Waals surface area contributed by atoms with E-state index >= 15 is 0 Å². The predicted octanol–water partition coefficient (Wildman–Crippen LogP) is 19.6. The number of alkyl halides is 9. The van der Waals surface area contributed by atoms with Gasteiger partial charge in [0.15, 0.2) is 40.4 Å². The van der Waals surface area contributed by atoms with E-state index in [4.69, 9.17) is 121 Å². The van der Waals surface area contributed by atoms with Gasteiger partial charge in [0.25, 0.3) is 47.3 Å². The molecule has 656 valence electrons. The molecule has 0 radical (unpaired) electrons. The molecule has 0 unspecified atom stereocenters. The van der Waals surface area contributed by atoms with E-state index in [0.29, 0.717) is 47.4 Å². The number of aromatic nitrogens is 12. The number of nitriles is 1. The van der Waals surface area contributed by atoms with Gasteiger partial charge in [-0.1, -0.05) is 116 Å². The zero-order chi connectivity index (χ0) is 93.0. The van der Waals surface area contributed by atoms with Gasteiger partial charge in [0.2, 0.25) is 0 Å². The molecule has 8 aromatic heterocycles. The van der Waals surface area contributed by atoms with E-state index in [1.165, 1.54) is 141 Å². The highest BCUT2D eigenvalue weighted by Gasteiger charge is 2.40. The minimum atomic E-state index is -4.85. The molecule has 0 bridgehead atoms. The van der Waals surface area contributed by atoms with E-state index in [1.54, 1.807) is 26.0 Å². The fraction of sp³-hybridized carbons (Fsp3) is 0.156. The SMILES string of the molecule is CC(C)NC(=O)c1cc(Cl)cc(Cl)c1NC(=O)c1cc(Br)nn1-c1ncccc1Cl.CC(C)NC(=O)c1cc(Cl)cc(Cl)c1NC(=O)c1cc(C(F)(F)F)nn1-c1ncccc1Cl.CNC(=O)c1cc(C#N)cc(C)c1NC(=O)c1cc(C(F)(F)F)nn1-c1ncccc1Cl.CNC(=O)c1cc(Cl)cc(Cl)c1NC(=O)c1cc(C(F)(F)F)nn1-c1ncccc1Cl. The summed E-state index contributed by atoms with van der Waals surface area (Å²) in [7, 11) is 2.70. The Hall–Kier alpha value is -11.7. The number of amides is 8. The molecule has 49 heteroatoms. The molecule has 4 aromatic carbocycles. The second-order valence-electron chi connectivity index (χ2n) is 26.0. The van der Waals surface area contributed by atoms with Crippen LogP contribution in [0.15, 0.2) is 151 Å². The second-order valence-corrected chi connectivity index (χ2v) is 30.9. The van der Waals surface area contributed by atoms with Crippen LogP contribution in [0.4, 0.5) is 62.3 Å². The van der Waals surface area contributed by atoms with Crippen LogP contribution in [0.2, 0.25) is 50.2 Å².